The Kier molecular flexibility index (Phi) is 3.72. The first-order valence-corrected chi connectivity index (χ1v) is 7.29. The molecule has 106 valence electrons. The molecule has 1 aliphatic heterocycles. The number of nitrogens with one attached hydrogen (secondary N) is 1. The fourth-order valence-corrected chi connectivity index (χ4v) is 2.81. The van der Waals surface area contributed by atoms with E-state index in [0.717, 1.165) is 32.8 Å². The number of halogens is 1. The fourth-order valence-electron chi connectivity index (χ4n) is 2.20. The number of anilines is 1. The molecule has 0 fully saturated rings. The second-order valence-electron chi connectivity index (χ2n) is 4.81. The maximum Gasteiger partial charge on any atom is 0.231 e. The number of nitriles is 1. The summed E-state index contributed by atoms with van der Waals surface area (Å²) in [6.45, 7) is 2.91. The van der Waals surface area contributed by atoms with Gasteiger partial charge in [-0.05, 0) is 58.2 Å². The first kappa shape index (κ1) is 13.8. The van der Waals surface area contributed by atoms with Crippen molar-refractivity contribution >= 4 is 21.6 Å². The Balaban J connectivity index is 1.80. The van der Waals surface area contributed by atoms with Gasteiger partial charge < -0.3 is 14.8 Å². The zero-order valence-electron chi connectivity index (χ0n) is 11.4. The Bertz CT molecular complexity index is 738. The molecule has 21 heavy (non-hydrogen) atoms. The van der Waals surface area contributed by atoms with E-state index in [9.17, 15) is 0 Å². The van der Waals surface area contributed by atoms with Gasteiger partial charge in [0.1, 0.15) is 0 Å². The number of benzene rings is 2. The molecule has 0 radical (unpaired) electrons. The number of nitrogens with zero attached hydrogens (tertiary/aromatic N) is 1. The van der Waals surface area contributed by atoms with Gasteiger partial charge >= 0.3 is 0 Å². The second-order valence-corrected chi connectivity index (χ2v) is 5.66. The average Bonchev–Trinajstić information content (AvgIpc) is 2.95. The molecule has 2 aromatic carbocycles. The molecule has 5 heteroatoms. The molecule has 0 saturated heterocycles. The van der Waals surface area contributed by atoms with Gasteiger partial charge in [-0.3, -0.25) is 0 Å². The van der Waals surface area contributed by atoms with Gasteiger partial charge in [0, 0.05) is 12.2 Å². The third-order valence-electron chi connectivity index (χ3n) is 3.34. The van der Waals surface area contributed by atoms with Gasteiger partial charge in [0.2, 0.25) is 6.79 Å². The summed E-state index contributed by atoms with van der Waals surface area (Å²) in [5.74, 6) is 1.50. The Hall–Kier alpha value is -2.19. The highest BCUT2D eigenvalue weighted by Crippen LogP contribution is 2.40. The van der Waals surface area contributed by atoms with Crippen molar-refractivity contribution in [3.05, 3.63) is 51.5 Å². The van der Waals surface area contributed by atoms with Gasteiger partial charge in [0.25, 0.3) is 0 Å². The molecule has 1 aliphatic rings. The van der Waals surface area contributed by atoms with Crippen molar-refractivity contribution < 1.29 is 9.47 Å². The third-order valence-corrected chi connectivity index (χ3v) is 3.93. The van der Waals surface area contributed by atoms with Gasteiger partial charge in [0.05, 0.1) is 16.1 Å². The highest BCUT2D eigenvalue weighted by atomic mass is 79.9. The summed E-state index contributed by atoms with van der Waals surface area (Å²) in [5, 5.41) is 12.3. The molecule has 1 N–H and O–H groups in total. The molecular formula is C16H13BrN2O2. The molecule has 3 rings (SSSR count). The van der Waals surface area contributed by atoms with Crippen molar-refractivity contribution in [2.24, 2.45) is 0 Å². The zero-order valence-corrected chi connectivity index (χ0v) is 13.0. The van der Waals surface area contributed by atoms with Gasteiger partial charge in [-0.1, -0.05) is 6.07 Å². The lowest BCUT2D eigenvalue weighted by molar-refractivity contribution is 0.173. The minimum atomic E-state index is 0.258. The topological polar surface area (TPSA) is 54.3 Å². The summed E-state index contributed by atoms with van der Waals surface area (Å²) < 4.78 is 11.7. The number of fused-ring (bicyclic) bond motifs is 1. The van der Waals surface area contributed by atoms with Crippen LogP contribution in [-0.2, 0) is 6.54 Å². The Morgan fingerprint density at radius 2 is 2.14 bits per heavy atom. The molecular weight excluding hydrogens is 332 g/mol. The summed E-state index contributed by atoms with van der Waals surface area (Å²) in [7, 11) is 0. The van der Waals surface area contributed by atoms with Gasteiger partial charge in [-0.15, -0.1) is 0 Å². The molecule has 0 aromatic heterocycles. The van der Waals surface area contributed by atoms with Crippen LogP contribution in [0.25, 0.3) is 0 Å². The molecule has 0 atom stereocenters. The van der Waals surface area contributed by atoms with Crippen LogP contribution >= 0.6 is 15.9 Å². The van der Waals surface area contributed by atoms with Crippen LogP contribution in [-0.4, -0.2) is 6.79 Å². The van der Waals surface area contributed by atoms with E-state index in [1.807, 2.05) is 37.3 Å². The summed E-state index contributed by atoms with van der Waals surface area (Å²) in [5.41, 5.74) is 3.79. The number of aryl methyl sites for hydroxylation is 1. The lowest BCUT2D eigenvalue weighted by Crippen LogP contribution is -2.01. The molecule has 0 spiro atoms. The van der Waals surface area contributed by atoms with Gasteiger partial charge in [0.15, 0.2) is 11.5 Å². The van der Waals surface area contributed by atoms with E-state index in [-0.39, 0.29) is 6.79 Å². The third kappa shape index (κ3) is 2.81. The summed E-state index contributed by atoms with van der Waals surface area (Å²) >= 11 is 3.49. The van der Waals surface area contributed by atoms with E-state index in [1.54, 1.807) is 0 Å². The second kappa shape index (κ2) is 5.66. The standard InChI is InChI=1S/C16H13BrN2O2/c1-10-2-3-11(7-18)5-14(10)19-8-12-4-13(17)16-15(6-12)20-9-21-16/h2-6,19H,8-9H2,1H3. The van der Waals surface area contributed by atoms with Crippen molar-refractivity contribution in [1.29, 1.82) is 5.26 Å². The van der Waals surface area contributed by atoms with Gasteiger partial charge in [-0.25, -0.2) is 0 Å². The van der Waals surface area contributed by atoms with Crippen LogP contribution < -0.4 is 14.8 Å². The van der Waals surface area contributed by atoms with Crippen LogP contribution in [0.5, 0.6) is 11.5 Å². The van der Waals surface area contributed by atoms with E-state index >= 15 is 0 Å². The molecule has 4 nitrogen and oxygen atoms in total. The maximum atomic E-state index is 8.97. The number of hydrogen-bond acceptors (Lipinski definition) is 4. The molecule has 1 heterocycles. The number of ether oxygens (including phenoxy) is 2. The first-order chi connectivity index (χ1) is 10.2. The van der Waals surface area contributed by atoms with Crippen LogP contribution in [0, 0.1) is 18.3 Å². The van der Waals surface area contributed by atoms with Crippen molar-refractivity contribution in [3.63, 3.8) is 0 Å². The highest BCUT2D eigenvalue weighted by Gasteiger charge is 2.17. The summed E-state index contributed by atoms with van der Waals surface area (Å²) in [6, 6.07) is 11.7. The summed E-state index contributed by atoms with van der Waals surface area (Å²) in [4.78, 5) is 0. The zero-order chi connectivity index (χ0) is 14.8. The van der Waals surface area contributed by atoms with Crippen LogP contribution in [0.4, 0.5) is 5.69 Å². The Labute approximate surface area is 131 Å². The Morgan fingerprint density at radius 1 is 1.29 bits per heavy atom. The SMILES string of the molecule is Cc1ccc(C#N)cc1NCc1cc(Br)c2c(c1)OCO2. The molecule has 0 amide bonds. The Morgan fingerprint density at radius 3 is 2.95 bits per heavy atom. The molecule has 0 saturated carbocycles. The molecule has 0 aliphatic carbocycles. The lowest BCUT2D eigenvalue weighted by Gasteiger charge is -2.11. The quantitative estimate of drug-likeness (QED) is 0.915. The molecule has 0 bridgehead atoms. The minimum absolute atomic E-state index is 0.258. The minimum Gasteiger partial charge on any atom is -0.454 e. The van der Waals surface area contributed by atoms with Crippen LogP contribution in [0.1, 0.15) is 16.7 Å². The van der Waals surface area contributed by atoms with E-state index in [4.69, 9.17) is 14.7 Å². The molecule has 0 unspecified atom stereocenters. The lowest BCUT2D eigenvalue weighted by atomic mass is 10.1. The van der Waals surface area contributed by atoms with Crippen molar-refractivity contribution in [1.82, 2.24) is 0 Å². The summed E-state index contributed by atoms with van der Waals surface area (Å²) in [6.07, 6.45) is 0. The largest absolute Gasteiger partial charge is 0.454 e. The number of hydrogen-bond donors (Lipinski definition) is 1. The average molecular weight is 345 g/mol. The van der Waals surface area contributed by atoms with Crippen molar-refractivity contribution in [2.75, 3.05) is 12.1 Å². The fraction of sp³-hybridized carbons (Fsp3) is 0.188. The molecule has 2 aromatic rings. The maximum absolute atomic E-state index is 8.97. The predicted octanol–water partition coefficient (Wildman–Crippen LogP) is 3.97. The number of rotatable bonds is 3. The van der Waals surface area contributed by atoms with E-state index < -0.39 is 0 Å². The smallest absolute Gasteiger partial charge is 0.231 e. The normalized spacial score (nSPS) is 12.0. The van der Waals surface area contributed by atoms with E-state index in [0.29, 0.717) is 12.1 Å². The first-order valence-electron chi connectivity index (χ1n) is 6.50. The predicted molar refractivity (Wildman–Crippen MR) is 83.5 cm³/mol. The van der Waals surface area contributed by atoms with Crippen molar-refractivity contribution in [2.45, 2.75) is 13.5 Å². The van der Waals surface area contributed by atoms with E-state index in [2.05, 4.69) is 27.3 Å². The highest BCUT2D eigenvalue weighted by molar-refractivity contribution is 9.10. The monoisotopic (exact) mass is 344 g/mol. The van der Waals surface area contributed by atoms with Crippen LogP contribution in [0.15, 0.2) is 34.8 Å². The van der Waals surface area contributed by atoms with Gasteiger partial charge in [-0.2, -0.15) is 5.26 Å². The van der Waals surface area contributed by atoms with Crippen LogP contribution in [0.2, 0.25) is 0 Å². The van der Waals surface area contributed by atoms with E-state index in [1.165, 1.54) is 0 Å². The van der Waals surface area contributed by atoms with Crippen molar-refractivity contribution in [3.8, 4) is 17.6 Å². The van der Waals surface area contributed by atoms with Crippen LogP contribution in [0.3, 0.4) is 0 Å².